The van der Waals surface area contributed by atoms with Gasteiger partial charge in [0, 0.05) is 11.8 Å². The highest BCUT2D eigenvalue weighted by Gasteiger charge is 2.19. The molecule has 2 heterocycles. The quantitative estimate of drug-likeness (QED) is 0.476. The molecule has 30 heavy (non-hydrogen) atoms. The van der Waals surface area contributed by atoms with Crippen molar-refractivity contribution in [1.82, 2.24) is 10.2 Å². The van der Waals surface area contributed by atoms with E-state index in [4.69, 9.17) is 13.6 Å². The number of aromatic nitrogens is 2. The number of rotatable bonds is 7. The average Bonchev–Trinajstić information content (AvgIpc) is 3.39. The van der Waals surface area contributed by atoms with E-state index in [0.29, 0.717) is 17.1 Å². The maximum Gasteiger partial charge on any atom is 0.322 e. The minimum Gasteiger partial charge on any atom is -0.493 e. The molecule has 0 saturated heterocycles. The normalized spacial score (nSPS) is 11.5. The molecule has 4 rings (SSSR count). The standard InChI is InChI=1S/C20H17N3O6S/c1-27-15-9-5-6-13-12-16(28-18(13)15)19-22-23-20(29-19)21-17(24)10-11-30(25,26)14-7-3-2-4-8-14/h2-9,12H,10-11H2,1H3,(H,21,23,24). The maximum atomic E-state index is 12.3. The van der Waals surface area contributed by atoms with Crippen molar-refractivity contribution in [1.29, 1.82) is 0 Å². The van der Waals surface area contributed by atoms with Crippen molar-refractivity contribution >= 4 is 32.7 Å². The van der Waals surface area contributed by atoms with E-state index in [-0.39, 0.29) is 29.0 Å². The number of nitrogens with one attached hydrogen (secondary N) is 1. The van der Waals surface area contributed by atoms with E-state index in [1.54, 1.807) is 30.3 Å². The number of carbonyl (C=O) groups excluding carboxylic acids is 1. The Balaban J connectivity index is 1.43. The highest BCUT2D eigenvalue weighted by molar-refractivity contribution is 7.91. The molecule has 0 aliphatic heterocycles. The van der Waals surface area contributed by atoms with Crippen LogP contribution in [0.1, 0.15) is 6.42 Å². The van der Waals surface area contributed by atoms with Gasteiger partial charge in [-0.15, -0.1) is 5.10 Å². The number of carbonyl (C=O) groups is 1. The van der Waals surface area contributed by atoms with Crippen LogP contribution >= 0.6 is 0 Å². The molecule has 0 saturated carbocycles. The predicted molar refractivity (Wildman–Crippen MR) is 108 cm³/mol. The molecule has 1 N–H and O–H groups in total. The van der Waals surface area contributed by atoms with Gasteiger partial charge in [0.2, 0.25) is 5.91 Å². The molecule has 0 bridgehead atoms. The number of furan rings is 1. The van der Waals surface area contributed by atoms with Gasteiger partial charge in [-0.1, -0.05) is 35.4 Å². The Morgan fingerprint density at radius 1 is 1.07 bits per heavy atom. The number of methoxy groups -OCH3 is 1. The molecule has 0 aliphatic carbocycles. The highest BCUT2D eigenvalue weighted by atomic mass is 32.2. The van der Waals surface area contributed by atoms with Crippen molar-refractivity contribution in [2.75, 3.05) is 18.2 Å². The first kappa shape index (κ1) is 19.6. The number of benzene rings is 2. The van der Waals surface area contributed by atoms with Crippen molar-refractivity contribution in [2.45, 2.75) is 11.3 Å². The average molecular weight is 427 g/mol. The summed E-state index contributed by atoms with van der Waals surface area (Å²) in [5, 5.41) is 10.8. The molecular formula is C20H17N3O6S. The van der Waals surface area contributed by atoms with E-state index in [0.717, 1.165) is 5.39 Å². The third kappa shape index (κ3) is 4.03. The number of para-hydroxylation sites is 1. The Hall–Kier alpha value is -3.66. The fourth-order valence-corrected chi connectivity index (χ4v) is 4.09. The molecule has 0 atom stereocenters. The summed E-state index contributed by atoms with van der Waals surface area (Å²) in [5.41, 5.74) is 0.532. The SMILES string of the molecule is COc1cccc2cc(-c3nnc(NC(=O)CCS(=O)(=O)c4ccccc4)o3)oc12. The zero-order chi connectivity index (χ0) is 21.1. The van der Waals surface area contributed by atoms with Gasteiger partial charge in [0.05, 0.1) is 17.8 Å². The molecule has 154 valence electrons. The van der Waals surface area contributed by atoms with E-state index in [1.165, 1.54) is 19.2 Å². The van der Waals surface area contributed by atoms with Crippen molar-refractivity contribution < 1.29 is 26.8 Å². The van der Waals surface area contributed by atoms with E-state index in [1.807, 2.05) is 12.1 Å². The first-order valence-corrected chi connectivity index (χ1v) is 10.6. The zero-order valence-electron chi connectivity index (χ0n) is 15.9. The minimum absolute atomic E-state index is 0.0699. The van der Waals surface area contributed by atoms with Crippen LogP contribution in [0, 0.1) is 0 Å². The lowest BCUT2D eigenvalue weighted by Gasteiger charge is -2.03. The largest absolute Gasteiger partial charge is 0.493 e. The molecule has 4 aromatic rings. The second-order valence-corrected chi connectivity index (χ2v) is 8.44. The number of nitrogens with zero attached hydrogens (tertiary/aromatic N) is 2. The Labute approximate surface area is 171 Å². The summed E-state index contributed by atoms with van der Waals surface area (Å²) >= 11 is 0. The third-order valence-electron chi connectivity index (χ3n) is 4.31. The summed E-state index contributed by atoms with van der Waals surface area (Å²) in [6, 6.07) is 14.9. The number of amides is 1. The summed E-state index contributed by atoms with van der Waals surface area (Å²) in [6.07, 6.45) is -0.253. The minimum atomic E-state index is -3.56. The molecular weight excluding hydrogens is 410 g/mol. The van der Waals surface area contributed by atoms with Crippen LogP contribution in [0.25, 0.3) is 22.6 Å². The lowest BCUT2D eigenvalue weighted by molar-refractivity contribution is -0.115. The molecule has 0 aliphatic rings. The summed E-state index contributed by atoms with van der Waals surface area (Å²) in [7, 11) is -2.02. The third-order valence-corrected chi connectivity index (χ3v) is 6.04. The number of sulfone groups is 1. The fourth-order valence-electron chi connectivity index (χ4n) is 2.83. The summed E-state index contributed by atoms with van der Waals surface area (Å²) in [5.74, 6) is 0.0461. The molecule has 0 radical (unpaired) electrons. The number of hydrogen-bond donors (Lipinski definition) is 1. The van der Waals surface area contributed by atoms with Crippen LogP contribution in [-0.4, -0.2) is 37.4 Å². The van der Waals surface area contributed by atoms with Crippen LogP contribution in [0.4, 0.5) is 6.01 Å². The first-order chi connectivity index (χ1) is 14.5. The van der Waals surface area contributed by atoms with Crippen LogP contribution in [0.5, 0.6) is 5.75 Å². The van der Waals surface area contributed by atoms with Gasteiger partial charge in [-0.2, -0.15) is 0 Å². The second-order valence-electron chi connectivity index (χ2n) is 6.33. The molecule has 2 aromatic heterocycles. The molecule has 9 nitrogen and oxygen atoms in total. The van der Waals surface area contributed by atoms with Gasteiger partial charge in [0.15, 0.2) is 26.9 Å². The monoisotopic (exact) mass is 427 g/mol. The lowest BCUT2D eigenvalue weighted by Crippen LogP contribution is -2.17. The van der Waals surface area contributed by atoms with Gasteiger partial charge in [-0.25, -0.2) is 8.42 Å². The number of fused-ring (bicyclic) bond motifs is 1. The lowest BCUT2D eigenvalue weighted by atomic mass is 10.2. The predicted octanol–water partition coefficient (Wildman–Crippen LogP) is 3.29. The van der Waals surface area contributed by atoms with Gasteiger partial charge < -0.3 is 13.6 Å². The van der Waals surface area contributed by atoms with Gasteiger partial charge in [-0.3, -0.25) is 10.1 Å². The Morgan fingerprint density at radius 2 is 1.87 bits per heavy atom. The van der Waals surface area contributed by atoms with E-state index >= 15 is 0 Å². The first-order valence-electron chi connectivity index (χ1n) is 8.94. The molecule has 0 fully saturated rings. The van der Waals surface area contributed by atoms with Crippen LogP contribution in [0.2, 0.25) is 0 Å². The molecule has 2 aromatic carbocycles. The smallest absolute Gasteiger partial charge is 0.322 e. The topological polar surface area (TPSA) is 125 Å². The highest BCUT2D eigenvalue weighted by Crippen LogP contribution is 2.33. The summed E-state index contributed by atoms with van der Waals surface area (Å²) in [4.78, 5) is 12.3. The van der Waals surface area contributed by atoms with Gasteiger partial charge in [-0.05, 0) is 24.3 Å². The van der Waals surface area contributed by atoms with Gasteiger partial charge >= 0.3 is 6.01 Å². The van der Waals surface area contributed by atoms with E-state index < -0.39 is 15.7 Å². The van der Waals surface area contributed by atoms with Gasteiger partial charge in [0.1, 0.15) is 0 Å². The number of anilines is 1. The van der Waals surface area contributed by atoms with Crippen LogP contribution in [-0.2, 0) is 14.6 Å². The molecule has 10 heteroatoms. The van der Waals surface area contributed by atoms with Crippen LogP contribution in [0.15, 0.2) is 68.3 Å². The molecule has 1 amide bonds. The summed E-state index contributed by atoms with van der Waals surface area (Å²) in [6.45, 7) is 0. The summed E-state index contributed by atoms with van der Waals surface area (Å²) < 4.78 is 40.9. The molecule has 0 unspecified atom stereocenters. The zero-order valence-corrected chi connectivity index (χ0v) is 16.7. The van der Waals surface area contributed by atoms with E-state index in [2.05, 4.69) is 15.5 Å². The molecule has 0 spiro atoms. The van der Waals surface area contributed by atoms with Crippen molar-refractivity contribution in [3.05, 3.63) is 54.6 Å². The van der Waals surface area contributed by atoms with Crippen molar-refractivity contribution in [3.63, 3.8) is 0 Å². The Bertz CT molecular complexity index is 1290. The number of hydrogen-bond acceptors (Lipinski definition) is 8. The maximum absolute atomic E-state index is 12.3. The van der Waals surface area contributed by atoms with Crippen molar-refractivity contribution in [2.24, 2.45) is 0 Å². The number of ether oxygens (including phenoxy) is 1. The van der Waals surface area contributed by atoms with Gasteiger partial charge in [0.25, 0.3) is 5.89 Å². The van der Waals surface area contributed by atoms with Crippen LogP contribution in [0.3, 0.4) is 0 Å². The van der Waals surface area contributed by atoms with Crippen LogP contribution < -0.4 is 10.1 Å². The van der Waals surface area contributed by atoms with E-state index in [9.17, 15) is 13.2 Å². The fraction of sp³-hybridized carbons (Fsp3) is 0.150. The second kappa shape index (κ2) is 7.99. The van der Waals surface area contributed by atoms with Crippen molar-refractivity contribution in [3.8, 4) is 17.4 Å². The Kier molecular flexibility index (Phi) is 5.23. The Morgan fingerprint density at radius 3 is 2.63 bits per heavy atom.